The number of hydrogen-bond acceptors (Lipinski definition) is 4. The summed E-state index contributed by atoms with van der Waals surface area (Å²) in [5.74, 6) is 1.05. The van der Waals surface area contributed by atoms with Crippen molar-refractivity contribution in [1.82, 2.24) is 9.80 Å². The van der Waals surface area contributed by atoms with Gasteiger partial charge in [0, 0.05) is 32.6 Å². The van der Waals surface area contributed by atoms with Gasteiger partial charge in [-0.05, 0) is 36.4 Å². The van der Waals surface area contributed by atoms with Crippen molar-refractivity contribution >= 4 is 23.2 Å². The van der Waals surface area contributed by atoms with Crippen LogP contribution < -0.4 is 4.74 Å². The standard InChI is InChI=1S/C20H24N2O3S/c23-19(10-4-15-25-17-7-2-1-3-8-17)21-11-6-12-22(14-13-21)20(24)18-9-5-16-26-18/h1-3,5,7-9,16H,4,6,10-15H2. The zero-order valence-corrected chi connectivity index (χ0v) is 15.6. The summed E-state index contributed by atoms with van der Waals surface area (Å²) in [5, 5.41) is 1.92. The highest BCUT2D eigenvalue weighted by molar-refractivity contribution is 7.12. The first-order valence-electron chi connectivity index (χ1n) is 9.02. The molecule has 1 aliphatic heterocycles. The lowest BCUT2D eigenvalue weighted by atomic mass is 10.2. The van der Waals surface area contributed by atoms with Crippen LogP contribution in [0, 0.1) is 0 Å². The Labute approximate surface area is 158 Å². The molecule has 26 heavy (non-hydrogen) atoms. The van der Waals surface area contributed by atoms with Crippen molar-refractivity contribution in [2.24, 2.45) is 0 Å². The van der Waals surface area contributed by atoms with Crippen molar-refractivity contribution in [3.05, 3.63) is 52.7 Å². The van der Waals surface area contributed by atoms with Gasteiger partial charge in [-0.2, -0.15) is 0 Å². The minimum atomic E-state index is 0.0746. The minimum Gasteiger partial charge on any atom is -0.494 e. The van der Waals surface area contributed by atoms with Gasteiger partial charge in [0.1, 0.15) is 5.75 Å². The van der Waals surface area contributed by atoms with Gasteiger partial charge in [-0.3, -0.25) is 9.59 Å². The summed E-state index contributed by atoms with van der Waals surface area (Å²) in [6.45, 7) is 3.16. The zero-order chi connectivity index (χ0) is 18.2. The maximum absolute atomic E-state index is 12.5. The number of ether oxygens (including phenoxy) is 1. The number of para-hydroxylation sites is 1. The molecule has 5 nitrogen and oxygen atoms in total. The summed E-state index contributed by atoms with van der Waals surface area (Å²) in [4.78, 5) is 29.4. The molecule has 2 aromatic rings. The lowest BCUT2D eigenvalue weighted by molar-refractivity contribution is -0.131. The van der Waals surface area contributed by atoms with E-state index in [1.807, 2.05) is 57.6 Å². The van der Waals surface area contributed by atoms with Gasteiger partial charge in [-0.1, -0.05) is 24.3 Å². The smallest absolute Gasteiger partial charge is 0.263 e. The highest BCUT2D eigenvalue weighted by Gasteiger charge is 2.22. The fourth-order valence-electron chi connectivity index (χ4n) is 3.01. The Balaban J connectivity index is 1.40. The average Bonchev–Trinajstić information content (AvgIpc) is 3.10. The Morgan fingerprint density at radius 3 is 2.50 bits per heavy atom. The van der Waals surface area contributed by atoms with Crippen LogP contribution in [-0.4, -0.2) is 54.4 Å². The lowest BCUT2D eigenvalue weighted by Gasteiger charge is -2.22. The molecule has 1 aromatic heterocycles. The molecule has 1 saturated heterocycles. The van der Waals surface area contributed by atoms with E-state index in [9.17, 15) is 9.59 Å². The Morgan fingerprint density at radius 2 is 1.73 bits per heavy atom. The molecule has 0 atom stereocenters. The zero-order valence-electron chi connectivity index (χ0n) is 14.8. The third-order valence-electron chi connectivity index (χ3n) is 4.41. The summed E-state index contributed by atoms with van der Waals surface area (Å²) >= 11 is 1.46. The van der Waals surface area contributed by atoms with E-state index in [1.165, 1.54) is 11.3 Å². The van der Waals surface area contributed by atoms with E-state index in [0.717, 1.165) is 17.0 Å². The Kier molecular flexibility index (Phi) is 6.66. The molecule has 0 unspecified atom stereocenters. The molecule has 0 radical (unpaired) electrons. The first-order chi connectivity index (χ1) is 12.7. The number of carbonyl (C=O) groups excluding carboxylic acids is 2. The predicted molar refractivity (Wildman–Crippen MR) is 103 cm³/mol. The first-order valence-corrected chi connectivity index (χ1v) is 9.90. The summed E-state index contributed by atoms with van der Waals surface area (Å²) < 4.78 is 5.64. The molecule has 1 aliphatic rings. The molecule has 0 saturated carbocycles. The van der Waals surface area contributed by atoms with Crippen LogP contribution in [0.4, 0.5) is 0 Å². The van der Waals surface area contributed by atoms with Crippen molar-refractivity contribution in [3.63, 3.8) is 0 Å². The average molecular weight is 372 g/mol. The number of amides is 2. The van der Waals surface area contributed by atoms with E-state index in [4.69, 9.17) is 4.74 Å². The number of thiophene rings is 1. The minimum absolute atomic E-state index is 0.0746. The molecule has 3 rings (SSSR count). The van der Waals surface area contributed by atoms with Gasteiger partial charge in [0.15, 0.2) is 0 Å². The molecule has 1 aromatic carbocycles. The van der Waals surface area contributed by atoms with E-state index in [2.05, 4.69) is 0 Å². The second-order valence-electron chi connectivity index (χ2n) is 6.27. The quantitative estimate of drug-likeness (QED) is 0.731. The maximum atomic E-state index is 12.5. The summed E-state index contributed by atoms with van der Waals surface area (Å²) in [5.41, 5.74) is 0. The SMILES string of the molecule is O=C(CCCOc1ccccc1)N1CCCN(C(=O)c2cccs2)CC1. The van der Waals surface area contributed by atoms with Crippen molar-refractivity contribution in [2.75, 3.05) is 32.8 Å². The molecule has 0 bridgehead atoms. The van der Waals surface area contributed by atoms with Crippen molar-refractivity contribution < 1.29 is 14.3 Å². The van der Waals surface area contributed by atoms with Gasteiger partial charge in [-0.15, -0.1) is 11.3 Å². The second kappa shape index (κ2) is 9.38. The molecule has 138 valence electrons. The lowest BCUT2D eigenvalue weighted by Crippen LogP contribution is -2.37. The molecule has 6 heteroatoms. The summed E-state index contributed by atoms with van der Waals surface area (Å²) in [6, 6.07) is 13.4. The Bertz CT molecular complexity index is 703. The normalized spacial score (nSPS) is 14.8. The van der Waals surface area contributed by atoms with Gasteiger partial charge < -0.3 is 14.5 Å². The monoisotopic (exact) mass is 372 g/mol. The van der Waals surface area contributed by atoms with E-state index in [0.29, 0.717) is 45.6 Å². The van der Waals surface area contributed by atoms with Crippen LogP contribution >= 0.6 is 11.3 Å². The largest absolute Gasteiger partial charge is 0.494 e. The van der Waals surface area contributed by atoms with Crippen LogP contribution in [0.1, 0.15) is 28.9 Å². The van der Waals surface area contributed by atoms with Gasteiger partial charge in [0.25, 0.3) is 5.91 Å². The number of rotatable bonds is 6. The first kappa shape index (κ1) is 18.5. The molecule has 2 heterocycles. The van der Waals surface area contributed by atoms with Gasteiger partial charge in [0.05, 0.1) is 11.5 Å². The molecular weight excluding hydrogens is 348 g/mol. The Hall–Kier alpha value is -2.34. The second-order valence-corrected chi connectivity index (χ2v) is 7.22. The van der Waals surface area contributed by atoms with E-state index >= 15 is 0 Å². The van der Waals surface area contributed by atoms with Crippen LogP contribution in [0.3, 0.4) is 0 Å². The highest BCUT2D eigenvalue weighted by atomic mass is 32.1. The third-order valence-corrected chi connectivity index (χ3v) is 5.27. The highest BCUT2D eigenvalue weighted by Crippen LogP contribution is 2.15. The van der Waals surface area contributed by atoms with E-state index in [1.54, 1.807) is 0 Å². The van der Waals surface area contributed by atoms with Crippen LogP contribution in [-0.2, 0) is 4.79 Å². The molecule has 0 aliphatic carbocycles. The molecule has 0 N–H and O–H groups in total. The Morgan fingerprint density at radius 1 is 0.962 bits per heavy atom. The van der Waals surface area contributed by atoms with Crippen LogP contribution in [0.2, 0.25) is 0 Å². The van der Waals surface area contributed by atoms with Gasteiger partial charge in [0.2, 0.25) is 5.91 Å². The van der Waals surface area contributed by atoms with E-state index in [-0.39, 0.29) is 11.8 Å². The molecule has 0 spiro atoms. The van der Waals surface area contributed by atoms with E-state index < -0.39 is 0 Å². The number of hydrogen-bond donors (Lipinski definition) is 0. The van der Waals surface area contributed by atoms with Crippen molar-refractivity contribution in [1.29, 1.82) is 0 Å². The van der Waals surface area contributed by atoms with Gasteiger partial charge in [-0.25, -0.2) is 0 Å². The third kappa shape index (κ3) is 5.08. The number of nitrogens with zero attached hydrogens (tertiary/aromatic N) is 2. The summed E-state index contributed by atoms with van der Waals surface area (Å²) in [6.07, 6.45) is 2.00. The summed E-state index contributed by atoms with van der Waals surface area (Å²) in [7, 11) is 0. The van der Waals surface area contributed by atoms with Crippen LogP contribution in [0.5, 0.6) is 5.75 Å². The van der Waals surface area contributed by atoms with Crippen molar-refractivity contribution in [3.8, 4) is 5.75 Å². The number of carbonyl (C=O) groups is 2. The van der Waals surface area contributed by atoms with Gasteiger partial charge >= 0.3 is 0 Å². The number of benzene rings is 1. The maximum Gasteiger partial charge on any atom is 0.263 e. The molecule has 2 amide bonds. The molecular formula is C20H24N2O3S. The van der Waals surface area contributed by atoms with Crippen LogP contribution in [0.25, 0.3) is 0 Å². The molecule has 1 fully saturated rings. The topological polar surface area (TPSA) is 49.9 Å². The fraction of sp³-hybridized carbons (Fsp3) is 0.400. The van der Waals surface area contributed by atoms with Crippen molar-refractivity contribution in [2.45, 2.75) is 19.3 Å². The predicted octanol–water partition coefficient (Wildman–Crippen LogP) is 3.28. The van der Waals surface area contributed by atoms with Crippen LogP contribution in [0.15, 0.2) is 47.8 Å². The fourth-order valence-corrected chi connectivity index (χ4v) is 3.71.